The van der Waals surface area contributed by atoms with Gasteiger partial charge in [-0.15, -0.1) is 12.6 Å². The molecule has 2 aromatic heterocycles. The van der Waals surface area contributed by atoms with Gasteiger partial charge in [0.25, 0.3) is 0 Å². The number of nitrogens with one attached hydrogen (secondary N) is 1. The van der Waals surface area contributed by atoms with Gasteiger partial charge < -0.3 is 14.8 Å². The van der Waals surface area contributed by atoms with E-state index in [9.17, 15) is 10.2 Å². The topological polar surface area (TPSA) is 74.1 Å². The van der Waals surface area contributed by atoms with E-state index >= 15 is 0 Å². The zero-order chi connectivity index (χ0) is 19.3. The average Bonchev–Trinajstić information content (AvgIpc) is 3.17. The van der Waals surface area contributed by atoms with E-state index in [2.05, 4.69) is 45.6 Å². The smallest absolute Gasteiger partial charge is 0.128 e. The number of phenolic OH excluding ortho intramolecular Hbond substituents is 2. The van der Waals surface area contributed by atoms with Gasteiger partial charge in [0, 0.05) is 41.3 Å². The molecule has 27 heavy (non-hydrogen) atoms. The van der Waals surface area contributed by atoms with E-state index in [-0.39, 0.29) is 17.4 Å². The van der Waals surface area contributed by atoms with E-state index in [1.54, 1.807) is 6.07 Å². The predicted octanol–water partition coefficient (Wildman–Crippen LogP) is 5.06. The Balaban J connectivity index is 1.93. The Labute approximate surface area is 162 Å². The SMILES string of the molecule is CC(C)c1cc(-c2[nH]nc(S)c2-c2ccc3c(ccn3C)c2)c(O)cc1O. The summed E-state index contributed by atoms with van der Waals surface area (Å²) in [5, 5.41) is 29.5. The first kappa shape index (κ1) is 17.5. The molecule has 0 aliphatic heterocycles. The van der Waals surface area contributed by atoms with Crippen LogP contribution in [-0.2, 0) is 7.05 Å². The third-order valence-corrected chi connectivity index (χ3v) is 5.28. The van der Waals surface area contributed by atoms with Gasteiger partial charge in [0.2, 0.25) is 0 Å². The van der Waals surface area contributed by atoms with Crippen LogP contribution in [0.4, 0.5) is 0 Å². The molecule has 0 spiro atoms. The van der Waals surface area contributed by atoms with Crippen molar-refractivity contribution in [1.82, 2.24) is 14.8 Å². The zero-order valence-corrected chi connectivity index (χ0v) is 16.2. The Hall–Kier alpha value is -2.86. The Morgan fingerprint density at radius 3 is 2.59 bits per heavy atom. The van der Waals surface area contributed by atoms with Crippen molar-refractivity contribution in [2.45, 2.75) is 24.8 Å². The summed E-state index contributed by atoms with van der Waals surface area (Å²) in [5.74, 6) is 0.201. The second kappa shape index (κ2) is 6.39. The summed E-state index contributed by atoms with van der Waals surface area (Å²) < 4.78 is 2.07. The van der Waals surface area contributed by atoms with Crippen LogP contribution in [0.25, 0.3) is 33.3 Å². The minimum Gasteiger partial charge on any atom is -0.508 e. The van der Waals surface area contributed by atoms with Crippen LogP contribution in [0.5, 0.6) is 11.5 Å². The molecular formula is C21H21N3O2S. The van der Waals surface area contributed by atoms with Crippen LogP contribution in [0, 0.1) is 0 Å². The monoisotopic (exact) mass is 379 g/mol. The highest BCUT2D eigenvalue weighted by Gasteiger charge is 2.20. The molecular weight excluding hydrogens is 358 g/mol. The number of aryl methyl sites for hydroxylation is 1. The molecule has 6 heteroatoms. The van der Waals surface area contributed by atoms with E-state index < -0.39 is 0 Å². The lowest BCUT2D eigenvalue weighted by molar-refractivity contribution is 0.445. The molecule has 3 N–H and O–H groups in total. The van der Waals surface area contributed by atoms with Crippen molar-refractivity contribution in [2.75, 3.05) is 0 Å². The highest BCUT2D eigenvalue weighted by molar-refractivity contribution is 7.80. The predicted molar refractivity (Wildman–Crippen MR) is 111 cm³/mol. The van der Waals surface area contributed by atoms with E-state index in [1.165, 1.54) is 6.07 Å². The highest BCUT2D eigenvalue weighted by atomic mass is 32.1. The Morgan fingerprint density at radius 1 is 1.07 bits per heavy atom. The van der Waals surface area contributed by atoms with Crippen LogP contribution in [0.3, 0.4) is 0 Å². The molecule has 0 radical (unpaired) electrons. The molecule has 5 nitrogen and oxygen atoms in total. The van der Waals surface area contributed by atoms with Crippen molar-refractivity contribution >= 4 is 23.5 Å². The maximum atomic E-state index is 10.5. The van der Waals surface area contributed by atoms with E-state index in [1.807, 2.05) is 33.2 Å². The third kappa shape index (κ3) is 2.86. The summed E-state index contributed by atoms with van der Waals surface area (Å²) in [7, 11) is 2.01. The molecule has 2 heterocycles. The van der Waals surface area contributed by atoms with Crippen LogP contribution in [0.15, 0.2) is 47.6 Å². The maximum Gasteiger partial charge on any atom is 0.128 e. The number of aromatic nitrogens is 3. The van der Waals surface area contributed by atoms with Gasteiger partial charge in [-0.3, -0.25) is 5.10 Å². The number of phenols is 2. The minimum atomic E-state index is -0.00378. The zero-order valence-electron chi connectivity index (χ0n) is 15.4. The molecule has 0 saturated heterocycles. The van der Waals surface area contributed by atoms with Gasteiger partial charge in [-0.05, 0) is 41.3 Å². The fourth-order valence-corrected chi connectivity index (χ4v) is 3.79. The lowest BCUT2D eigenvalue weighted by Gasteiger charge is -2.13. The normalized spacial score (nSPS) is 11.6. The van der Waals surface area contributed by atoms with Crippen molar-refractivity contribution in [3.05, 3.63) is 48.2 Å². The fraction of sp³-hybridized carbons (Fsp3) is 0.190. The molecule has 4 aromatic rings. The molecule has 0 fully saturated rings. The number of fused-ring (bicyclic) bond motifs is 1. The summed E-state index contributed by atoms with van der Waals surface area (Å²) in [6, 6.07) is 11.4. The standard InChI is InChI=1S/C21H21N3O2S/c1-11(2)14-9-15(18(26)10-17(14)25)20-19(21(27)23-22-20)13-4-5-16-12(8-13)6-7-24(16)3/h4-11,25-26H,1-3H3,(H2,22,23,27). The molecule has 2 aromatic carbocycles. The molecule has 0 aliphatic carbocycles. The number of nitrogens with zero attached hydrogens (tertiary/aromatic N) is 2. The number of aromatic amines is 1. The summed E-state index contributed by atoms with van der Waals surface area (Å²) in [6.45, 7) is 3.99. The van der Waals surface area contributed by atoms with Crippen molar-refractivity contribution < 1.29 is 10.2 Å². The van der Waals surface area contributed by atoms with Gasteiger partial charge in [0.05, 0.1) is 5.69 Å². The molecule has 0 atom stereocenters. The number of benzene rings is 2. The number of H-pyrrole nitrogens is 1. The highest BCUT2D eigenvalue weighted by Crippen LogP contribution is 2.42. The van der Waals surface area contributed by atoms with Crippen LogP contribution >= 0.6 is 12.6 Å². The van der Waals surface area contributed by atoms with Gasteiger partial charge in [0.15, 0.2) is 0 Å². The summed E-state index contributed by atoms with van der Waals surface area (Å²) in [4.78, 5) is 0. The molecule has 138 valence electrons. The first-order valence-electron chi connectivity index (χ1n) is 8.76. The van der Waals surface area contributed by atoms with Crippen molar-refractivity contribution in [3.63, 3.8) is 0 Å². The molecule has 0 amide bonds. The van der Waals surface area contributed by atoms with Crippen LogP contribution in [-0.4, -0.2) is 25.0 Å². The van der Waals surface area contributed by atoms with Gasteiger partial charge in [0.1, 0.15) is 16.5 Å². The van der Waals surface area contributed by atoms with Crippen molar-refractivity contribution in [3.8, 4) is 33.9 Å². The van der Waals surface area contributed by atoms with Crippen LogP contribution in [0.1, 0.15) is 25.3 Å². The number of hydrogen-bond donors (Lipinski definition) is 4. The molecule has 0 saturated carbocycles. The first-order valence-corrected chi connectivity index (χ1v) is 9.20. The summed E-state index contributed by atoms with van der Waals surface area (Å²) >= 11 is 4.52. The molecule has 0 bridgehead atoms. The fourth-order valence-electron chi connectivity index (χ4n) is 3.49. The number of thiol groups is 1. The van der Waals surface area contributed by atoms with E-state index in [0.29, 0.717) is 16.3 Å². The number of aromatic hydroxyl groups is 2. The van der Waals surface area contributed by atoms with Gasteiger partial charge >= 0.3 is 0 Å². The lowest BCUT2D eigenvalue weighted by Crippen LogP contribution is -1.92. The lowest BCUT2D eigenvalue weighted by atomic mass is 9.95. The third-order valence-electron chi connectivity index (χ3n) is 4.96. The van der Waals surface area contributed by atoms with E-state index in [4.69, 9.17) is 0 Å². The molecule has 0 unspecified atom stereocenters. The Morgan fingerprint density at radius 2 is 1.85 bits per heavy atom. The van der Waals surface area contributed by atoms with Crippen molar-refractivity contribution in [2.24, 2.45) is 7.05 Å². The Kier molecular flexibility index (Phi) is 4.15. The molecule has 4 rings (SSSR count). The average molecular weight is 379 g/mol. The first-order chi connectivity index (χ1) is 12.9. The summed E-state index contributed by atoms with van der Waals surface area (Å²) in [6.07, 6.45) is 2.02. The summed E-state index contributed by atoms with van der Waals surface area (Å²) in [5.41, 5.74) is 4.95. The Bertz CT molecular complexity index is 1160. The second-order valence-electron chi connectivity index (χ2n) is 7.08. The quantitative estimate of drug-likeness (QED) is 0.376. The second-order valence-corrected chi connectivity index (χ2v) is 7.50. The maximum absolute atomic E-state index is 10.5. The van der Waals surface area contributed by atoms with E-state index in [0.717, 1.165) is 27.6 Å². The van der Waals surface area contributed by atoms with Gasteiger partial charge in [-0.2, -0.15) is 5.10 Å². The number of rotatable bonds is 3. The largest absolute Gasteiger partial charge is 0.508 e. The van der Waals surface area contributed by atoms with Crippen molar-refractivity contribution in [1.29, 1.82) is 0 Å². The molecule has 0 aliphatic rings. The minimum absolute atomic E-state index is 0.00378. The van der Waals surface area contributed by atoms with Crippen LogP contribution < -0.4 is 0 Å². The number of hydrogen-bond acceptors (Lipinski definition) is 4. The van der Waals surface area contributed by atoms with Crippen LogP contribution in [0.2, 0.25) is 0 Å². The van der Waals surface area contributed by atoms with Gasteiger partial charge in [-0.1, -0.05) is 19.9 Å². The van der Waals surface area contributed by atoms with Gasteiger partial charge in [-0.25, -0.2) is 0 Å².